The average Bonchev–Trinajstić information content (AvgIpc) is 2.82. The first-order valence-corrected chi connectivity index (χ1v) is 13.1. The molecule has 8 heteroatoms. The van der Waals surface area contributed by atoms with Gasteiger partial charge in [-0.15, -0.1) is 0 Å². The maximum atomic E-state index is 14.4. The number of carbonyl (C=O) groups is 2. The molecule has 2 amide bonds. The summed E-state index contributed by atoms with van der Waals surface area (Å²) in [6.45, 7) is 7.74. The van der Waals surface area contributed by atoms with Gasteiger partial charge in [-0.3, -0.25) is 14.6 Å². The molecule has 2 aromatic rings. The lowest BCUT2D eigenvalue weighted by Gasteiger charge is -2.51. The van der Waals surface area contributed by atoms with Crippen molar-refractivity contribution >= 4 is 17.5 Å². The lowest BCUT2D eigenvalue weighted by Crippen LogP contribution is -2.54. The van der Waals surface area contributed by atoms with Crippen LogP contribution in [0.25, 0.3) is 0 Å². The molecule has 6 atom stereocenters. The van der Waals surface area contributed by atoms with Crippen molar-refractivity contribution in [2.45, 2.75) is 64.8 Å². The van der Waals surface area contributed by atoms with Crippen molar-refractivity contribution in [3.63, 3.8) is 0 Å². The highest BCUT2D eigenvalue weighted by Gasteiger charge is 2.50. The van der Waals surface area contributed by atoms with E-state index in [4.69, 9.17) is 5.73 Å². The van der Waals surface area contributed by atoms with E-state index in [2.05, 4.69) is 22.5 Å². The Bertz CT molecular complexity index is 1140. The van der Waals surface area contributed by atoms with Crippen LogP contribution in [0.3, 0.4) is 0 Å². The van der Waals surface area contributed by atoms with Gasteiger partial charge in [-0.2, -0.15) is 0 Å². The molecule has 2 saturated carbocycles. The molecule has 0 spiro atoms. The molecule has 6 nitrogen and oxygen atoms in total. The highest BCUT2D eigenvalue weighted by Crippen LogP contribution is 2.53. The summed E-state index contributed by atoms with van der Waals surface area (Å²) in [5.41, 5.74) is 5.89. The van der Waals surface area contributed by atoms with E-state index in [9.17, 15) is 18.4 Å². The fraction of sp³-hybridized carbons (Fsp3) is 0.552. The topological polar surface area (TPSA) is 97.1 Å². The minimum Gasteiger partial charge on any atom is -0.354 e. The van der Waals surface area contributed by atoms with Crippen molar-refractivity contribution in [1.29, 1.82) is 0 Å². The van der Waals surface area contributed by atoms with Gasteiger partial charge in [0, 0.05) is 47.7 Å². The molecule has 4 rings (SSSR count). The summed E-state index contributed by atoms with van der Waals surface area (Å²) >= 11 is 0. The van der Waals surface area contributed by atoms with Crippen LogP contribution in [0.1, 0.15) is 58.9 Å². The zero-order valence-corrected chi connectivity index (χ0v) is 22.1. The summed E-state index contributed by atoms with van der Waals surface area (Å²) < 4.78 is 27.7. The molecule has 2 bridgehead atoms. The van der Waals surface area contributed by atoms with Gasteiger partial charge >= 0.3 is 0 Å². The van der Waals surface area contributed by atoms with Gasteiger partial charge < -0.3 is 16.4 Å². The van der Waals surface area contributed by atoms with E-state index in [1.54, 1.807) is 38.4 Å². The first-order valence-electron chi connectivity index (χ1n) is 13.1. The van der Waals surface area contributed by atoms with Crippen LogP contribution in [0, 0.1) is 40.7 Å². The number of benzene rings is 1. The predicted octanol–water partition coefficient (Wildman–Crippen LogP) is 4.80. The predicted molar refractivity (Wildman–Crippen MR) is 139 cm³/mol. The molecular weight excluding hydrogens is 474 g/mol. The molecule has 200 valence electrons. The lowest BCUT2D eigenvalue weighted by molar-refractivity contribution is -0.131. The summed E-state index contributed by atoms with van der Waals surface area (Å²) in [7, 11) is 0. The zero-order valence-electron chi connectivity index (χ0n) is 22.1. The second-order valence-electron chi connectivity index (χ2n) is 11.9. The van der Waals surface area contributed by atoms with E-state index < -0.39 is 22.5 Å². The number of fused-ring (bicyclic) bond motifs is 2. The first-order chi connectivity index (χ1) is 17.4. The highest BCUT2D eigenvalue weighted by atomic mass is 19.1. The summed E-state index contributed by atoms with van der Waals surface area (Å²) in [5.74, 6) is -0.528. The van der Waals surface area contributed by atoms with Crippen molar-refractivity contribution in [2.24, 2.45) is 34.8 Å². The smallest absolute Gasteiger partial charge is 0.230 e. The summed E-state index contributed by atoms with van der Waals surface area (Å²) in [6, 6.07) is 6.53. The highest BCUT2D eigenvalue weighted by molar-refractivity contribution is 5.95. The number of aromatic nitrogens is 1. The number of pyridine rings is 1. The second kappa shape index (κ2) is 10.5. The Morgan fingerprint density at radius 3 is 2.54 bits per heavy atom. The number of halogens is 2. The van der Waals surface area contributed by atoms with Gasteiger partial charge in [-0.05, 0) is 81.4 Å². The number of anilines is 1. The van der Waals surface area contributed by atoms with Crippen molar-refractivity contribution < 1.29 is 18.4 Å². The second-order valence-corrected chi connectivity index (χ2v) is 11.9. The maximum Gasteiger partial charge on any atom is 0.230 e. The van der Waals surface area contributed by atoms with Gasteiger partial charge in [-0.25, -0.2) is 8.78 Å². The van der Waals surface area contributed by atoms with Crippen LogP contribution in [0.4, 0.5) is 14.5 Å². The maximum absolute atomic E-state index is 14.4. The SMILES string of the molecule is CC1CC2CC(CC(C)(C(=O)Nc3ccncc3)C2)C1C(N)CNC(=O)C(C)(C)c1ccc(F)cc1F. The molecular formula is C29H38F2N4O2. The Balaban J connectivity index is 1.42. The van der Waals surface area contributed by atoms with Gasteiger partial charge in [0.05, 0.1) is 5.41 Å². The van der Waals surface area contributed by atoms with Crippen LogP contribution in [-0.4, -0.2) is 29.4 Å². The monoisotopic (exact) mass is 512 g/mol. The lowest BCUT2D eigenvalue weighted by atomic mass is 9.54. The molecule has 2 aliphatic rings. The number of hydrogen-bond donors (Lipinski definition) is 3. The molecule has 2 fully saturated rings. The largest absolute Gasteiger partial charge is 0.354 e. The van der Waals surface area contributed by atoms with Crippen LogP contribution in [0.5, 0.6) is 0 Å². The molecule has 0 saturated heterocycles. The van der Waals surface area contributed by atoms with Crippen LogP contribution in [-0.2, 0) is 15.0 Å². The van der Waals surface area contributed by atoms with Crippen LogP contribution < -0.4 is 16.4 Å². The molecule has 37 heavy (non-hydrogen) atoms. The molecule has 0 aliphatic heterocycles. The molecule has 1 aromatic heterocycles. The summed E-state index contributed by atoms with van der Waals surface area (Å²) in [4.78, 5) is 30.4. The first kappa shape index (κ1) is 27.2. The van der Waals surface area contributed by atoms with Gasteiger partial charge in [0.25, 0.3) is 0 Å². The van der Waals surface area contributed by atoms with E-state index in [0.29, 0.717) is 11.8 Å². The number of nitrogens with one attached hydrogen (secondary N) is 2. The third kappa shape index (κ3) is 5.69. The minimum atomic E-state index is -1.19. The Morgan fingerprint density at radius 2 is 1.86 bits per heavy atom. The van der Waals surface area contributed by atoms with E-state index in [-0.39, 0.29) is 41.8 Å². The number of hydrogen-bond acceptors (Lipinski definition) is 4. The number of rotatable bonds is 7. The Morgan fingerprint density at radius 1 is 1.16 bits per heavy atom. The van der Waals surface area contributed by atoms with E-state index in [1.165, 1.54) is 6.07 Å². The van der Waals surface area contributed by atoms with E-state index in [0.717, 1.165) is 43.5 Å². The van der Waals surface area contributed by atoms with Crippen molar-refractivity contribution in [3.8, 4) is 0 Å². The quantitative estimate of drug-likeness (QED) is 0.497. The van der Waals surface area contributed by atoms with E-state index in [1.807, 2.05) is 6.92 Å². The van der Waals surface area contributed by atoms with Crippen molar-refractivity contribution in [3.05, 3.63) is 59.9 Å². The molecule has 6 unspecified atom stereocenters. The molecule has 1 heterocycles. The standard InChI is InChI=1S/C29H38F2N4O2/c1-17-11-18-12-19(15-29(4,14-18)27(37)35-21-7-9-33-10-8-21)25(17)24(32)16-34-26(36)28(2,3)22-6-5-20(30)13-23(22)31/h5-10,13,17-19,24-25H,11-12,14-16,32H2,1-4H3,(H,34,36)(H,33,35,37). The summed E-state index contributed by atoms with van der Waals surface area (Å²) in [5, 5.41) is 5.98. The van der Waals surface area contributed by atoms with E-state index >= 15 is 0 Å². The van der Waals surface area contributed by atoms with Crippen LogP contribution in [0.2, 0.25) is 0 Å². The third-order valence-electron chi connectivity index (χ3n) is 8.65. The molecule has 0 radical (unpaired) electrons. The normalized spacial score (nSPS) is 28.3. The van der Waals surface area contributed by atoms with Gasteiger partial charge in [0.15, 0.2) is 0 Å². The Hall–Kier alpha value is -2.87. The summed E-state index contributed by atoms with van der Waals surface area (Å²) in [6.07, 6.45) is 6.92. The Labute approximate surface area is 217 Å². The van der Waals surface area contributed by atoms with Gasteiger partial charge in [0.2, 0.25) is 11.8 Å². The molecule has 1 aromatic carbocycles. The fourth-order valence-corrected chi connectivity index (χ4v) is 6.87. The number of amides is 2. The van der Waals surface area contributed by atoms with Crippen LogP contribution >= 0.6 is 0 Å². The number of nitrogens with two attached hydrogens (primary N) is 1. The van der Waals surface area contributed by atoms with Crippen LogP contribution in [0.15, 0.2) is 42.7 Å². The Kier molecular flexibility index (Phi) is 7.70. The van der Waals surface area contributed by atoms with Gasteiger partial charge in [0.1, 0.15) is 11.6 Å². The fourth-order valence-electron chi connectivity index (χ4n) is 6.87. The molecule has 4 N–H and O–H groups in total. The number of carbonyl (C=O) groups excluding carboxylic acids is 2. The number of nitrogens with zero attached hydrogens (tertiary/aromatic N) is 1. The third-order valence-corrected chi connectivity index (χ3v) is 8.65. The zero-order chi connectivity index (χ0) is 27.0. The average molecular weight is 513 g/mol. The van der Waals surface area contributed by atoms with Gasteiger partial charge in [-0.1, -0.05) is 19.9 Å². The van der Waals surface area contributed by atoms with Crippen molar-refractivity contribution in [2.75, 3.05) is 11.9 Å². The molecule has 2 aliphatic carbocycles. The van der Waals surface area contributed by atoms with Crippen molar-refractivity contribution in [1.82, 2.24) is 10.3 Å². The minimum absolute atomic E-state index is 0.0200.